The number of anilines is 2. The lowest BCUT2D eigenvalue weighted by Gasteiger charge is -2.35. The first-order valence-corrected chi connectivity index (χ1v) is 12.2. The third kappa shape index (κ3) is 5.84. The highest BCUT2D eigenvalue weighted by atomic mass is 32.2. The van der Waals surface area contributed by atoms with E-state index in [0.717, 1.165) is 34.1 Å². The molecule has 0 saturated carbocycles. The standard InChI is InChI=1S/C24H22FN3O7S/c25-17-6-9-20(10-7-17)36(32,33)28-14-19(13-26-24(31)34-15-16-4-2-1-3-5-16)35-22-11-8-18(12-21(22)28)27-23(29)30/h1-12,19,27H,13-15H2,(H,26,31)(H,29,30). The summed E-state index contributed by atoms with van der Waals surface area (Å²) in [6, 6.07) is 17.6. The number of carbonyl (C=O) groups excluding carboxylic acids is 1. The van der Waals surface area contributed by atoms with Crippen LogP contribution in [0.2, 0.25) is 0 Å². The Labute approximate surface area is 206 Å². The molecule has 188 valence electrons. The van der Waals surface area contributed by atoms with Crippen LogP contribution < -0.4 is 19.7 Å². The zero-order chi connectivity index (χ0) is 25.7. The minimum Gasteiger partial charge on any atom is -0.484 e. The monoisotopic (exact) mass is 515 g/mol. The summed E-state index contributed by atoms with van der Waals surface area (Å²) in [5.41, 5.74) is 1.02. The van der Waals surface area contributed by atoms with Gasteiger partial charge in [0, 0.05) is 5.69 Å². The highest BCUT2D eigenvalue weighted by molar-refractivity contribution is 7.92. The Morgan fingerprint density at radius 3 is 2.50 bits per heavy atom. The first-order valence-electron chi connectivity index (χ1n) is 10.8. The average Bonchev–Trinajstić information content (AvgIpc) is 2.86. The quantitative estimate of drug-likeness (QED) is 0.436. The van der Waals surface area contributed by atoms with Gasteiger partial charge in [0.25, 0.3) is 10.0 Å². The molecular formula is C24H22FN3O7S. The van der Waals surface area contributed by atoms with Gasteiger partial charge in [0.05, 0.1) is 23.7 Å². The van der Waals surface area contributed by atoms with E-state index in [-0.39, 0.29) is 41.7 Å². The molecule has 4 rings (SSSR count). The molecule has 2 amide bonds. The molecule has 1 unspecified atom stereocenters. The predicted octanol–water partition coefficient (Wildman–Crippen LogP) is 3.80. The van der Waals surface area contributed by atoms with Crippen molar-refractivity contribution in [3.63, 3.8) is 0 Å². The predicted molar refractivity (Wildman–Crippen MR) is 128 cm³/mol. The molecule has 0 spiro atoms. The van der Waals surface area contributed by atoms with Crippen LogP contribution in [-0.2, 0) is 21.4 Å². The summed E-state index contributed by atoms with van der Waals surface area (Å²) >= 11 is 0. The fraction of sp³-hybridized carbons (Fsp3) is 0.167. The number of carbonyl (C=O) groups is 2. The van der Waals surface area contributed by atoms with Crippen molar-refractivity contribution in [2.75, 3.05) is 22.7 Å². The maximum atomic E-state index is 13.4. The van der Waals surface area contributed by atoms with E-state index < -0.39 is 34.1 Å². The molecule has 0 fully saturated rings. The number of ether oxygens (including phenoxy) is 2. The minimum absolute atomic E-state index is 0.0610. The molecule has 0 aliphatic carbocycles. The van der Waals surface area contributed by atoms with Gasteiger partial charge in [0.1, 0.15) is 24.3 Å². The number of carboxylic acid groups (broad SMARTS) is 1. The number of alkyl carbamates (subject to hydrolysis) is 1. The van der Waals surface area contributed by atoms with Crippen molar-refractivity contribution in [1.29, 1.82) is 0 Å². The molecule has 1 atom stereocenters. The third-order valence-electron chi connectivity index (χ3n) is 5.23. The number of rotatable bonds is 7. The van der Waals surface area contributed by atoms with Gasteiger partial charge in [-0.3, -0.25) is 9.62 Å². The SMILES string of the molecule is O=C(O)Nc1ccc2c(c1)N(S(=O)(=O)c1ccc(F)cc1)CC(CNC(=O)OCc1ccccc1)O2. The molecule has 0 bridgehead atoms. The summed E-state index contributed by atoms with van der Waals surface area (Å²) in [5.74, 6) is -0.437. The Hall–Kier alpha value is -4.32. The van der Waals surface area contributed by atoms with Crippen molar-refractivity contribution in [3.8, 4) is 5.75 Å². The maximum absolute atomic E-state index is 13.4. The van der Waals surface area contributed by atoms with Crippen molar-refractivity contribution in [2.24, 2.45) is 0 Å². The minimum atomic E-state index is -4.19. The van der Waals surface area contributed by atoms with Crippen LogP contribution in [0.15, 0.2) is 77.7 Å². The lowest BCUT2D eigenvalue weighted by Crippen LogP contribution is -2.48. The molecule has 1 aliphatic rings. The number of benzene rings is 3. The largest absolute Gasteiger partial charge is 0.484 e. The number of nitrogens with one attached hydrogen (secondary N) is 2. The van der Waals surface area contributed by atoms with Crippen LogP contribution in [-0.4, -0.2) is 44.9 Å². The van der Waals surface area contributed by atoms with Crippen molar-refractivity contribution >= 4 is 33.6 Å². The molecular weight excluding hydrogens is 493 g/mol. The second kappa shape index (κ2) is 10.5. The van der Waals surface area contributed by atoms with Gasteiger partial charge in [-0.2, -0.15) is 0 Å². The molecule has 3 aromatic rings. The van der Waals surface area contributed by atoms with E-state index in [2.05, 4.69) is 10.6 Å². The highest BCUT2D eigenvalue weighted by Gasteiger charge is 2.35. The number of halogens is 1. The van der Waals surface area contributed by atoms with Crippen LogP contribution in [0, 0.1) is 5.82 Å². The van der Waals surface area contributed by atoms with E-state index in [1.165, 1.54) is 18.2 Å². The summed E-state index contributed by atoms with van der Waals surface area (Å²) in [5, 5.41) is 13.8. The van der Waals surface area contributed by atoms with Crippen molar-refractivity contribution in [1.82, 2.24) is 5.32 Å². The molecule has 36 heavy (non-hydrogen) atoms. The van der Waals surface area contributed by atoms with Gasteiger partial charge >= 0.3 is 12.2 Å². The molecule has 0 saturated heterocycles. The van der Waals surface area contributed by atoms with Crippen molar-refractivity contribution in [2.45, 2.75) is 17.6 Å². The molecule has 1 aliphatic heterocycles. The van der Waals surface area contributed by atoms with Gasteiger partial charge < -0.3 is 19.9 Å². The molecule has 1 heterocycles. The second-order valence-corrected chi connectivity index (χ2v) is 9.65. The molecule has 0 aromatic heterocycles. The van der Waals surface area contributed by atoms with E-state index >= 15 is 0 Å². The maximum Gasteiger partial charge on any atom is 0.409 e. The van der Waals surface area contributed by atoms with E-state index in [4.69, 9.17) is 14.6 Å². The first-order chi connectivity index (χ1) is 17.2. The Morgan fingerprint density at radius 1 is 1.08 bits per heavy atom. The van der Waals surface area contributed by atoms with E-state index in [1.807, 2.05) is 18.2 Å². The van der Waals surface area contributed by atoms with Crippen LogP contribution in [0.25, 0.3) is 0 Å². The zero-order valence-corrected chi connectivity index (χ0v) is 19.6. The van der Waals surface area contributed by atoms with Gasteiger partial charge in [-0.1, -0.05) is 30.3 Å². The Balaban J connectivity index is 1.53. The highest BCUT2D eigenvalue weighted by Crippen LogP contribution is 2.39. The molecule has 12 heteroatoms. The average molecular weight is 516 g/mol. The normalized spacial score (nSPS) is 14.8. The molecule has 3 aromatic carbocycles. The Bertz CT molecular complexity index is 1350. The number of sulfonamides is 1. The fourth-order valence-corrected chi connectivity index (χ4v) is 5.05. The van der Waals surface area contributed by atoms with Crippen LogP contribution in [0.3, 0.4) is 0 Å². The summed E-state index contributed by atoms with van der Waals surface area (Å²) in [6.45, 7) is -0.217. The number of hydrogen-bond donors (Lipinski definition) is 3. The number of fused-ring (bicyclic) bond motifs is 1. The second-order valence-electron chi connectivity index (χ2n) is 7.79. The summed E-state index contributed by atoms with van der Waals surface area (Å²) in [4.78, 5) is 23.1. The Morgan fingerprint density at radius 2 is 1.81 bits per heavy atom. The van der Waals surface area contributed by atoms with Gasteiger partial charge in [-0.25, -0.2) is 22.4 Å². The lowest BCUT2D eigenvalue weighted by molar-refractivity contribution is 0.130. The van der Waals surface area contributed by atoms with Gasteiger partial charge in [-0.15, -0.1) is 0 Å². The van der Waals surface area contributed by atoms with Crippen LogP contribution in [0.5, 0.6) is 5.75 Å². The number of hydrogen-bond acceptors (Lipinski definition) is 6. The topological polar surface area (TPSA) is 134 Å². The van der Waals surface area contributed by atoms with E-state index in [0.29, 0.717) is 0 Å². The fourth-order valence-electron chi connectivity index (χ4n) is 3.55. The summed E-state index contributed by atoms with van der Waals surface area (Å²) in [6.07, 6.45) is -2.83. The smallest absolute Gasteiger partial charge is 0.409 e. The molecule has 3 N–H and O–H groups in total. The lowest BCUT2D eigenvalue weighted by atomic mass is 10.2. The Kier molecular flexibility index (Phi) is 7.25. The molecule has 0 radical (unpaired) electrons. The van der Waals surface area contributed by atoms with Gasteiger partial charge in [0.15, 0.2) is 0 Å². The number of nitrogens with zero attached hydrogens (tertiary/aromatic N) is 1. The summed E-state index contributed by atoms with van der Waals surface area (Å²) < 4.78 is 52.4. The van der Waals surface area contributed by atoms with Crippen molar-refractivity contribution < 1.29 is 37.0 Å². The zero-order valence-electron chi connectivity index (χ0n) is 18.8. The summed E-state index contributed by atoms with van der Waals surface area (Å²) in [7, 11) is -4.19. The van der Waals surface area contributed by atoms with Gasteiger partial charge in [-0.05, 0) is 48.0 Å². The first kappa shape index (κ1) is 24.8. The number of amides is 2. The van der Waals surface area contributed by atoms with Crippen LogP contribution in [0.1, 0.15) is 5.56 Å². The van der Waals surface area contributed by atoms with E-state index in [1.54, 1.807) is 12.1 Å². The molecule has 10 nitrogen and oxygen atoms in total. The third-order valence-corrected chi connectivity index (χ3v) is 7.02. The van der Waals surface area contributed by atoms with Crippen LogP contribution in [0.4, 0.5) is 25.4 Å². The van der Waals surface area contributed by atoms with Crippen molar-refractivity contribution in [3.05, 3.63) is 84.2 Å². The van der Waals surface area contributed by atoms with Gasteiger partial charge in [0.2, 0.25) is 0 Å². The van der Waals surface area contributed by atoms with Crippen LogP contribution >= 0.6 is 0 Å². The van der Waals surface area contributed by atoms with E-state index in [9.17, 15) is 22.4 Å².